The van der Waals surface area contributed by atoms with Gasteiger partial charge in [-0.15, -0.1) is 0 Å². The molecule has 1 nitrogen and oxygen atoms in total. The van der Waals surface area contributed by atoms with Crippen LogP contribution in [0, 0.1) is 0 Å². The van der Waals surface area contributed by atoms with Crippen LogP contribution in [0.4, 0.5) is 26.3 Å². The molecule has 156 valence electrons. The molecule has 0 aromatic heterocycles. The highest BCUT2D eigenvalue weighted by atomic mass is 79.9. The van der Waals surface area contributed by atoms with E-state index < -0.39 is 35.2 Å². The summed E-state index contributed by atoms with van der Waals surface area (Å²) in [6.45, 7) is 0.974. The average Bonchev–Trinajstić information content (AvgIpc) is 2.57. The van der Waals surface area contributed by atoms with Gasteiger partial charge in [0.2, 0.25) is 0 Å². The van der Waals surface area contributed by atoms with Crippen LogP contribution in [0.1, 0.15) is 39.9 Å². The standard InChI is InChI=1S/C19H11BrCl2F6O/c1-9(29)12-4-2-10(6-14(12)19(26,27)28)3-5-13(18(23,24)25)11-7-15(20)17(22)16(21)8-11/h2-8,13H,1H3/b5-3+. The van der Waals surface area contributed by atoms with Gasteiger partial charge in [-0.25, -0.2) is 0 Å². The first-order valence-corrected chi connectivity index (χ1v) is 9.38. The Hall–Kier alpha value is -1.51. The van der Waals surface area contributed by atoms with Crippen molar-refractivity contribution in [2.75, 3.05) is 0 Å². The van der Waals surface area contributed by atoms with Crippen LogP contribution >= 0.6 is 39.1 Å². The monoisotopic (exact) mass is 518 g/mol. The maximum atomic E-state index is 13.5. The molecule has 1 unspecified atom stereocenters. The van der Waals surface area contributed by atoms with Crippen LogP contribution in [-0.2, 0) is 6.18 Å². The number of halogens is 9. The second kappa shape index (κ2) is 8.70. The third-order valence-electron chi connectivity index (χ3n) is 3.93. The molecule has 0 amide bonds. The molecule has 0 saturated carbocycles. The van der Waals surface area contributed by atoms with Gasteiger partial charge in [-0.3, -0.25) is 4.79 Å². The molecular formula is C19H11BrCl2F6O. The molecule has 2 rings (SSSR count). The van der Waals surface area contributed by atoms with Gasteiger partial charge in [0.05, 0.1) is 21.5 Å². The third-order valence-corrected chi connectivity index (χ3v) is 5.58. The van der Waals surface area contributed by atoms with Crippen molar-refractivity contribution in [1.29, 1.82) is 0 Å². The summed E-state index contributed by atoms with van der Waals surface area (Å²) in [7, 11) is 0. The van der Waals surface area contributed by atoms with Crippen molar-refractivity contribution in [2.24, 2.45) is 0 Å². The zero-order valence-corrected chi connectivity index (χ0v) is 17.5. The quantitative estimate of drug-likeness (QED) is 0.225. The first-order valence-electron chi connectivity index (χ1n) is 7.83. The Bertz CT molecular complexity index is 943. The van der Waals surface area contributed by atoms with Crippen LogP contribution < -0.4 is 0 Å². The molecule has 0 aliphatic rings. The SMILES string of the molecule is CC(=O)c1ccc(/C=C/C(c2cc(Cl)c(Cl)c(Br)c2)C(F)(F)F)cc1C(F)(F)F. The van der Waals surface area contributed by atoms with Gasteiger partial charge in [-0.2, -0.15) is 26.3 Å². The lowest BCUT2D eigenvalue weighted by Gasteiger charge is -2.18. The van der Waals surface area contributed by atoms with Crippen LogP contribution in [0.25, 0.3) is 6.08 Å². The lowest BCUT2D eigenvalue weighted by atomic mass is 9.95. The van der Waals surface area contributed by atoms with E-state index in [2.05, 4.69) is 15.9 Å². The van der Waals surface area contributed by atoms with Gasteiger partial charge in [0.15, 0.2) is 5.78 Å². The van der Waals surface area contributed by atoms with Crippen molar-refractivity contribution >= 4 is 51.0 Å². The van der Waals surface area contributed by atoms with E-state index in [0.717, 1.165) is 43.3 Å². The second-order valence-electron chi connectivity index (χ2n) is 6.04. The molecule has 29 heavy (non-hydrogen) atoms. The van der Waals surface area contributed by atoms with Crippen molar-refractivity contribution in [2.45, 2.75) is 25.2 Å². The first-order chi connectivity index (χ1) is 13.2. The number of carbonyl (C=O) groups is 1. The molecule has 0 heterocycles. The van der Waals surface area contributed by atoms with Crippen LogP contribution in [-0.4, -0.2) is 12.0 Å². The Labute approximate surface area is 180 Å². The summed E-state index contributed by atoms with van der Waals surface area (Å²) in [5.41, 5.74) is -2.16. The van der Waals surface area contributed by atoms with Gasteiger partial charge >= 0.3 is 12.4 Å². The van der Waals surface area contributed by atoms with Crippen molar-refractivity contribution in [3.05, 3.63) is 73.2 Å². The van der Waals surface area contributed by atoms with Crippen molar-refractivity contribution < 1.29 is 31.1 Å². The van der Waals surface area contributed by atoms with Gasteiger partial charge in [0.25, 0.3) is 0 Å². The van der Waals surface area contributed by atoms with E-state index in [0.29, 0.717) is 6.07 Å². The first kappa shape index (κ1) is 23.8. The molecule has 0 saturated heterocycles. The Balaban J connectivity index is 2.52. The van der Waals surface area contributed by atoms with Gasteiger partial charge in [0.1, 0.15) is 0 Å². The molecule has 0 aliphatic carbocycles. The van der Waals surface area contributed by atoms with Crippen molar-refractivity contribution in [3.63, 3.8) is 0 Å². The molecular weight excluding hydrogens is 509 g/mol. The summed E-state index contributed by atoms with van der Waals surface area (Å²) >= 11 is 14.7. The highest BCUT2D eigenvalue weighted by Gasteiger charge is 2.39. The minimum atomic E-state index is -4.83. The summed E-state index contributed by atoms with van der Waals surface area (Å²) in [5.74, 6) is -2.95. The largest absolute Gasteiger partial charge is 0.417 e. The Morgan fingerprint density at radius 3 is 2.17 bits per heavy atom. The Morgan fingerprint density at radius 2 is 1.69 bits per heavy atom. The molecule has 1 atom stereocenters. The number of allylic oxidation sites excluding steroid dienone is 1. The Morgan fingerprint density at radius 1 is 1.07 bits per heavy atom. The fraction of sp³-hybridized carbons (Fsp3) is 0.211. The number of carbonyl (C=O) groups excluding carboxylic acids is 1. The molecule has 0 spiro atoms. The summed E-state index contributed by atoms with van der Waals surface area (Å²) in [6.07, 6.45) is -7.94. The van der Waals surface area contributed by atoms with E-state index in [1.807, 2.05) is 0 Å². The average molecular weight is 520 g/mol. The summed E-state index contributed by atoms with van der Waals surface area (Å²) in [4.78, 5) is 11.4. The predicted octanol–water partition coefficient (Wildman–Crippen LogP) is 8.34. The lowest BCUT2D eigenvalue weighted by molar-refractivity contribution is -0.139. The van der Waals surface area contributed by atoms with Crippen LogP contribution in [0.2, 0.25) is 10.0 Å². The lowest BCUT2D eigenvalue weighted by Crippen LogP contribution is -2.19. The number of hydrogen-bond donors (Lipinski definition) is 0. The fourth-order valence-corrected chi connectivity index (χ4v) is 3.51. The van der Waals surface area contributed by atoms with E-state index >= 15 is 0 Å². The normalized spacial score (nSPS) is 13.7. The summed E-state index contributed by atoms with van der Waals surface area (Å²) in [6, 6.07) is 4.88. The number of rotatable bonds is 4. The van der Waals surface area contributed by atoms with Crippen LogP contribution in [0.15, 0.2) is 40.9 Å². The van der Waals surface area contributed by atoms with E-state index in [9.17, 15) is 31.1 Å². The van der Waals surface area contributed by atoms with Gasteiger partial charge in [-0.05, 0) is 52.2 Å². The van der Waals surface area contributed by atoms with E-state index in [4.69, 9.17) is 23.2 Å². The van der Waals surface area contributed by atoms with Gasteiger partial charge < -0.3 is 0 Å². The highest BCUT2D eigenvalue weighted by Crippen LogP contribution is 2.41. The van der Waals surface area contributed by atoms with Crippen molar-refractivity contribution in [3.8, 4) is 0 Å². The number of ketones is 1. The second-order valence-corrected chi connectivity index (χ2v) is 7.68. The van der Waals surface area contributed by atoms with Gasteiger partial charge in [0, 0.05) is 10.0 Å². The van der Waals surface area contributed by atoms with Crippen molar-refractivity contribution in [1.82, 2.24) is 0 Å². The third kappa shape index (κ3) is 5.77. The van der Waals surface area contributed by atoms with Crippen LogP contribution in [0.5, 0.6) is 0 Å². The zero-order valence-electron chi connectivity index (χ0n) is 14.4. The Kier molecular flexibility index (Phi) is 7.13. The molecule has 10 heteroatoms. The summed E-state index contributed by atoms with van der Waals surface area (Å²) < 4.78 is 80.3. The fourth-order valence-electron chi connectivity index (χ4n) is 2.58. The number of hydrogen-bond acceptors (Lipinski definition) is 1. The maximum absolute atomic E-state index is 13.5. The minimum Gasteiger partial charge on any atom is -0.294 e. The predicted molar refractivity (Wildman–Crippen MR) is 103 cm³/mol. The molecule has 0 radical (unpaired) electrons. The van der Waals surface area contributed by atoms with E-state index in [-0.39, 0.29) is 25.6 Å². The van der Waals surface area contributed by atoms with Crippen LogP contribution in [0.3, 0.4) is 0 Å². The molecule has 0 N–H and O–H groups in total. The van der Waals surface area contributed by atoms with E-state index in [1.165, 1.54) is 0 Å². The smallest absolute Gasteiger partial charge is 0.294 e. The molecule has 2 aromatic rings. The summed E-state index contributed by atoms with van der Waals surface area (Å²) in [5, 5.41) is -0.0705. The maximum Gasteiger partial charge on any atom is 0.417 e. The number of alkyl halides is 6. The van der Waals surface area contributed by atoms with E-state index in [1.54, 1.807) is 0 Å². The number of benzene rings is 2. The van der Waals surface area contributed by atoms with Gasteiger partial charge in [-0.1, -0.05) is 47.5 Å². The highest BCUT2D eigenvalue weighted by molar-refractivity contribution is 9.10. The topological polar surface area (TPSA) is 17.1 Å². The molecule has 0 bridgehead atoms. The number of Topliss-reactive ketones (excluding diaryl/α,β-unsaturated/α-hetero) is 1. The molecule has 2 aromatic carbocycles. The minimum absolute atomic E-state index is 0.0370. The zero-order chi connectivity index (χ0) is 22.1. The molecule has 0 fully saturated rings. The molecule has 0 aliphatic heterocycles.